The second-order valence-electron chi connectivity index (χ2n) is 7.79. The molecule has 2 aliphatic heterocycles. The number of hydrogen-bond acceptors (Lipinski definition) is 8. The molecule has 2 fully saturated rings. The molecule has 0 aliphatic carbocycles. The van der Waals surface area contributed by atoms with E-state index in [1.807, 2.05) is 30.3 Å². The zero-order valence-corrected chi connectivity index (χ0v) is 17.9. The first-order chi connectivity index (χ1) is 15.9. The molecule has 2 heterocycles. The average molecular weight is 453 g/mol. The Bertz CT molecular complexity index is 1090. The van der Waals surface area contributed by atoms with Gasteiger partial charge in [-0.15, -0.1) is 0 Å². The normalized spacial score (nSPS) is 22.6. The zero-order chi connectivity index (χ0) is 23.4. The lowest BCUT2D eigenvalue weighted by Crippen LogP contribution is -2.68. The van der Waals surface area contributed by atoms with E-state index in [1.54, 1.807) is 12.1 Å². The van der Waals surface area contributed by atoms with Gasteiger partial charge >= 0.3 is 18.0 Å². The number of hydrogen-bond donors (Lipinski definition) is 2. The van der Waals surface area contributed by atoms with Crippen LogP contribution in [0.1, 0.15) is 26.3 Å². The van der Waals surface area contributed by atoms with Crippen molar-refractivity contribution in [1.29, 1.82) is 0 Å². The third-order valence-corrected chi connectivity index (χ3v) is 5.77. The summed E-state index contributed by atoms with van der Waals surface area (Å²) in [4.78, 5) is 43.2. The van der Waals surface area contributed by atoms with Crippen LogP contribution in [-0.2, 0) is 20.9 Å². The van der Waals surface area contributed by atoms with Crippen LogP contribution in [0.4, 0.5) is 4.79 Å². The maximum atomic E-state index is 13.0. The van der Waals surface area contributed by atoms with Gasteiger partial charge in [0.25, 0.3) is 0 Å². The van der Waals surface area contributed by atoms with E-state index in [0.717, 1.165) is 5.56 Å². The number of esters is 2. The summed E-state index contributed by atoms with van der Waals surface area (Å²) in [5.74, 6) is -1.38. The minimum absolute atomic E-state index is 0.0535. The van der Waals surface area contributed by atoms with E-state index < -0.39 is 29.7 Å². The quantitative estimate of drug-likeness (QED) is 0.503. The number of ether oxygens (including phenoxy) is 2. The van der Waals surface area contributed by atoms with Crippen LogP contribution in [0.15, 0.2) is 59.8 Å². The Kier molecular flexibility index (Phi) is 6.27. The van der Waals surface area contributed by atoms with Crippen LogP contribution in [0, 0.1) is 5.41 Å². The number of rotatable bonds is 6. The van der Waals surface area contributed by atoms with E-state index >= 15 is 0 Å². The number of oxime groups is 1. The molecule has 0 saturated carbocycles. The Morgan fingerprint density at radius 1 is 1.09 bits per heavy atom. The predicted molar refractivity (Wildman–Crippen MR) is 116 cm³/mol. The summed E-state index contributed by atoms with van der Waals surface area (Å²) >= 11 is 0. The van der Waals surface area contributed by atoms with Gasteiger partial charge in [0.15, 0.2) is 6.23 Å². The van der Waals surface area contributed by atoms with Crippen molar-refractivity contribution in [3.8, 4) is 0 Å². The first-order valence-electron chi connectivity index (χ1n) is 10.3. The fourth-order valence-electron chi connectivity index (χ4n) is 3.98. The fraction of sp³-hybridized carbons (Fsp3) is 0.304. The maximum absolute atomic E-state index is 13.0. The molecule has 2 aromatic carbocycles. The van der Waals surface area contributed by atoms with Crippen molar-refractivity contribution in [2.75, 3.05) is 26.7 Å². The van der Waals surface area contributed by atoms with Crippen LogP contribution in [0.2, 0.25) is 0 Å². The molecule has 2 atom stereocenters. The largest absolute Gasteiger partial charge is 0.465 e. The van der Waals surface area contributed by atoms with E-state index in [1.165, 1.54) is 24.1 Å². The molecule has 0 radical (unpaired) electrons. The van der Waals surface area contributed by atoms with Gasteiger partial charge < -0.3 is 24.3 Å². The van der Waals surface area contributed by atoms with Gasteiger partial charge in [-0.3, -0.25) is 5.32 Å². The van der Waals surface area contributed by atoms with Gasteiger partial charge in [0, 0.05) is 13.1 Å². The highest BCUT2D eigenvalue weighted by Gasteiger charge is 2.59. The number of carbonyl (C=O) groups is 3. The van der Waals surface area contributed by atoms with Crippen molar-refractivity contribution in [1.82, 2.24) is 10.2 Å². The maximum Gasteiger partial charge on any atom is 0.407 e. The Hall–Kier alpha value is -3.92. The highest BCUT2D eigenvalue weighted by Crippen LogP contribution is 2.39. The topological polar surface area (TPSA) is 127 Å². The molecule has 0 bridgehead atoms. The number of carbonyl (C=O) groups excluding carboxylic acids is 2. The minimum atomic E-state index is -1.10. The van der Waals surface area contributed by atoms with Gasteiger partial charge in [0.05, 0.1) is 28.8 Å². The van der Waals surface area contributed by atoms with Crippen molar-refractivity contribution >= 4 is 23.7 Å². The summed E-state index contributed by atoms with van der Waals surface area (Å²) in [5, 5.41) is 16.4. The van der Waals surface area contributed by atoms with Gasteiger partial charge in [0.1, 0.15) is 13.7 Å². The molecule has 10 nitrogen and oxygen atoms in total. The number of carboxylic acid groups (broad SMARTS) is 1. The monoisotopic (exact) mass is 453 g/mol. The van der Waals surface area contributed by atoms with E-state index in [2.05, 4.69) is 10.5 Å². The first kappa shape index (κ1) is 22.3. The molecule has 10 heteroatoms. The van der Waals surface area contributed by atoms with Crippen molar-refractivity contribution < 1.29 is 33.8 Å². The second kappa shape index (κ2) is 9.29. The second-order valence-corrected chi connectivity index (χ2v) is 7.79. The van der Waals surface area contributed by atoms with Gasteiger partial charge in [-0.2, -0.15) is 0 Å². The molecule has 1 amide bonds. The minimum Gasteiger partial charge on any atom is -0.465 e. The lowest BCUT2D eigenvalue weighted by molar-refractivity contribution is -0.0580. The molecular weight excluding hydrogens is 430 g/mol. The Morgan fingerprint density at radius 3 is 2.36 bits per heavy atom. The molecular formula is C23H23N3O7. The van der Waals surface area contributed by atoms with Crippen molar-refractivity contribution in [2.24, 2.45) is 10.6 Å². The third-order valence-electron chi connectivity index (χ3n) is 5.77. The van der Waals surface area contributed by atoms with Crippen molar-refractivity contribution in [3.63, 3.8) is 0 Å². The van der Waals surface area contributed by atoms with Gasteiger partial charge in [-0.25, -0.2) is 14.4 Å². The van der Waals surface area contributed by atoms with Crippen molar-refractivity contribution in [3.05, 3.63) is 71.3 Å². The molecule has 2 aromatic rings. The predicted octanol–water partition coefficient (Wildman–Crippen LogP) is 2.11. The number of nitrogens with zero attached hydrogens (tertiary/aromatic N) is 2. The van der Waals surface area contributed by atoms with Gasteiger partial charge in [-0.05, 0) is 17.7 Å². The molecule has 172 valence electrons. The number of nitrogens with one attached hydrogen (secondary N) is 1. The number of amides is 1. The summed E-state index contributed by atoms with van der Waals surface area (Å²) in [6.45, 7) is 0.605. The number of likely N-dealkylation sites (tertiary alicyclic amines) is 1. The molecule has 33 heavy (non-hydrogen) atoms. The van der Waals surface area contributed by atoms with Crippen LogP contribution in [0.5, 0.6) is 0 Å². The summed E-state index contributed by atoms with van der Waals surface area (Å²) in [6.07, 6.45) is -1.92. The zero-order valence-electron chi connectivity index (χ0n) is 17.9. The Morgan fingerprint density at radius 2 is 1.76 bits per heavy atom. The molecule has 2 aliphatic rings. The summed E-state index contributed by atoms with van der Waals surface area (Å²) in [5.41, 5.74) is 0.599. The van der Waals surface area contributed by atoms with Crippen LogP contribution >= 0.6 is 0 Å². The highest BCUT2D eigenvalue weighted by molar-refractivity contribution is 6.03. The lowest BCUT2D eigenvalue weighted by atomic mass is 9.77. The molecule has 1 spiro atoms. The smallest absolute Gasteiger partial charge is 0.407 e. The van der Waals surface area contributed by atoms with Crippen LogP contribution in [0.25, 0.3) is 0 Å². The van der Waals surface area contributed by atoms with Gasteiger partial charge in [0.2, 0.25) is 0 Å². The van der Waals surface area contributed by atoms with E-state index in [4.69, 9.17) is 14.3 Å². The van der Waals surface area contributed by atoms with Crippen LogP contribution < -0.4 is 5.32 Å². The molecule has 2 N–H and O–H groups in total. The summed E-state index contributed by atoms with van der Waals surface area (Å²) in [6, 6.07) is 15.4. The Labute approximate surface area is 189 Å². The summed E-state index contributed by atoms with van der Waals surface area (Å²) in [7, 11) is 1.37. The summed E-state index contributed by atoms with van der Waals surface area (Å²) < 4.78 is 11.0. The first-order valence-corrected chi connectivity index (χ1v) is 10.3. The third kappa shape index (κ3) is 4.37. The molecule has 2 unspecified atom stereocenters. The molecule has 4 rings (SSSR count). The molecule has 2 saturated heterocycles. The lowest BCUT2D eigenvalue weighted by Gasteiger charge is -2.46. The van der Waals surface area contributed by atoms with Crippen LogP contribution in [0.3, 0.4) is 0 Å². The van der Waals surface area contributed by atoms with E-state index in [9.17, 15) is 19.5 Å². The SMILES string of the molecule is CON=C1CN(C(=O)O)CC12CNC2OC(=O)c1ccccc1C(=O)OCc1ccccc1. The average Bonchev–Trinajstić information content (AvgIpc) is 3.23. The highest BCUT2D eigenvalue weighted by atomic mass is 16.6. The van der Waals surface area contributed by atoms with E-state index in [-0.39, 0.29) is 30.8 Å². The standard InChI is InChI=1S/C23H23N3O7/c1-31-25-18-11-26(22(29)30)14-23(18)13-24-21(23)33-20(28)17-10-6-5-9-16(17)19(27)32-12-15-7-3-2-4-8-15/h2-10,21,24H,11-14H2,1H3,(H,29,30). The van der Waals surface area contributed by atoms with Gasteiger partial charge in [-0.1, -0.05) is 47.6 Å². The van der Waals surface area contributed by atoms with Crippen LogP contribution in [-0.4, -0.2) is 66.7 Å². The fourth-order valence-corrected chi connectivity index (χ4v) is 3.98. The number of benzene rings is 2. The van der Waals surface area contributed by atoms with Crippen molar-refractivity contribution in [2.45, 2.75) is 12.8 Å². The Balaban J connectivity index is 1.48. The van der Waals surface area contributed by atoms with E-state index in [0.29, 0.717) is 12.3 Å². The molecule has 0 aromatic heterocycles.